The fraction of sp³-hybridized carbons (Fsp3) is 0.438. The molecule has 2 unspecified atom stereocenters. The lowest BCUT2D eigenvalue weighted by atomic mass is 10.1. The average molecular weight is 285 g/mol. The topological polar surface area (TPSA) is 46.5 Å². The fourth-order valence-electron chi connectivity index (χ4n) is 3.51. The number of nitrogens with one attached hydrogen (secondary N) is 1. The number of rotatable bonds is 2. The van der Waals surface area contributed by atoms with E-state index in [4.69, 9.17) is 4.74 Å². The number of carbonyl (C=O) groups excluding carboxylic acids is 1. The number of hydrogen-bond donors (Lipinski definition) is 1. The van der Waals surface area contributed by atoms with Crippen LogP contribution in [0.4, 0.5) is 0 Å². The van der Waals surface area contributed by atoms with Crippen LogP contribution < -0.4 is 5.32 Å². The number of benzene rings is 1. The van der Waals surface area contributed by atoms with Crippen molar-refractivity contribution in [3.05, 3.63) is 36.0 Å². The van der Waals surface area contributed by atoms with Crippen molar-refractivity contribution in [1.29, 1.82) is 0 Å². The molecule has 0 saturated carbocycles. The van der Waals surface area contributed by atoms with Gasteiger partial charge in [-0.1, -0.05) is 18.2 Å². The van der Waals surface area contributed by atoms with Crippen LogP contribution in [-0.4, -0.2) is 47.2 Å². The first-order chi connectivity index (χ1) is 10.2. The second kappa shape index (κ2) is 4.86. The number of aryl methyl sites for hydroxylation is 1. The lowest BCUT2D eigenvalue weighted by molar-refractivity contribution is -0.134. The van der Waals surface area contributed by atoms with Gasteiger partial charge < -0.3 is 14.6 Å². The number of likely N-dealkylation sites (tertiary alicyclic amines) is 1. The van der Waals surface area contributed by atoms with Crippen LogP contribution in [-0.2, 0) is 23.1 Å². The SMILES string of the molecule is Cn1cc(CN2CC3NC(=O)COC3C2)c2ccccc21. The number of ether oxygens (including phenoxy) is 1. The Morgan fingerprint density at radius 3 is 3.10 bits per heavy atom. The summed E-state index contributed by atoms with van der Waals surface area (Å²) in [5, 5.41) is 4.33. The average Bonchev–Trinajstić information content (AvgIpc) is 3.01. The van der Waals surface area contributed by atoms with Crippen LogP contribution in [0.3, 0.4) is 0 Å². The first-order valence-electron chi connectivity index (χ1n) is 7.37. The Kier molecular flexibility index (Phi) is 2.97. The molecule has 1 amide bonds. The summed E-state index contributed by atoms with van der Waals surface area (Å²) in [5.41, 5.74) is 2.59. The van der Waals surface area contributed by atoms with Gasteiger partial charge in [-0.3, -0.25) is 9.69 Å². The molecule has 2 fully saturated rings. The molecule has 0 aliphatic carbocycles. The molecule has 1 aromatic carbocycles. The maximum atomic E-state index is 11.4. The van der Waals surface area contributed by atoms with E-state index in [0.29, 0.717) is 0 Å². The van der Waals surface area contributed by atoms with Crippen LogP contribution in [0.5, 0.6) is 0 Å². The van der Waals surface area contributed by atoms with Gasteiger partial charge in [-0.2, -0.15) is 0 Å². The van der Waals surface area contributed by atoms with Gasteiger partial charge in [0.15, 0.2) is 0 Å². The van der Waals surface area contributed by atoms with Crippen molar-refractivity contribution in [3.8, 4) is 0 Å². The molecule has 4 rings (SSSR count). The van der Waals surface area contributed by atoms with E-state index < -0.39 is 0 Å². The fourth-order valence-corrected chi connectivity index (χ4v) is 3.51. The molecule has 2 atom stereocenters. The zero-order chi connectivity index (χ0) is 14.4. The molecule has 1 aromatic heterocycles. The van der Waals surface area contributed by atoms with Gasteiger partial charge in [-0.15, -0.1) is 0 Å². The zero-order valence-electron chi connectivity index (χ0n) is 12.1. The molecule has 110 valence electrons. The highest BCUT2D eigenvalue weighted by molar-refractivity contribution is 5.83. The Labute approximate surface area is 123 Å². The summed E-state index contributed by atoms with van der Waals surface area (Å²) >= 11 is 0. The van der Waals surface area contributed by atoms with Crippen molar-refractivity contribution in [1.82, 2.24) is 14.8 Å². The van der Waals surface area contributed by atoms with Crippen LogP contribution in [0.15, 0.2) is 30.5 Å². The number of nitrogens with zero attached hydrogens (tertiary/aromatic N) is 2. The molecule has 0 bridgehead atoms. The highest BCUT2D eigenvalue weighted by Crippen LogP contribution is 2.24. The van der Waals surface area contributed by atoms with Gasteiger partial charge in [0.2, 0.25) is 5.91 Å². The standard InChI is InChI=1S/C16H19N3O2/c1-18-6-11(12-4-2-3-5-14(12)18)7-19-8-13-15(9-19)21-10-16(20)17-13/h2-6,13,15H,7-10H2,1H3,(H,17,20). The molecule has 0 spiro atoms. The highest BCUT2D eigenvalue weighted by Gasteiger charge is 2.37. The van der Waals surface area contributed by atoms with Crippen molar-refractivity contribution in [2.45, 2.75) is 18.7 Å². The molecule has 2 aliphatic heterocycles. The quantitative estimate of drug-likeness (QED) is 0.891. The van der Waals surface area contributed by atoms with Gasteiger partial charge in [0.25, 0.3) is 0 Å². The van der Waals surface area contributed by atoms with E-state index in [2.05, 4.69) is 52.3 Å². The Morgan fingerprint density at radius 2 is 2.19 bits per heavy atom. The van der Waals surface area contributed by atoms with E-state index in [1.165, 1.54) is 16.5 Å². The van der Waals surface area contributed by atoms with Crippen LogP contribution in [0.2, 0.25) is 0 Å². The zero-order valence-corrected chi connectivity index (χ0v) is 12.1. The van der Waals surface area contributed by atoms with Gasteiger partial charge in [-0.25, -0.2) is 0 Å². The number of para-hydroxylation sites is 1. The monoisotopic (exact) mass is 285 g/mol. The normalized spacial score (nSPS) is 26.0. The van der Waals surface area contributed by atoms with E-state index in [-0.39, 0.29) is 24.7 Å². The van der Waals surface area contributed by atoms with E-state index in [1.807, 2.05) is 0 Å². The third-order valence-corrected chi connectivity index (χ3v) is 4.49. The lowest BCUT2D eigenvalue weighted by Crippen LogP contribution is -2.50. The molecule has 21 heavy (non-hydrogen) atoms. The van der Waals surface area contributed by atoms with E-state index in [0.717, 1.165) is 19.6 Å². The third-order valence-electron chi connectivity index (χ3n) is 4.49. The van der Waals surface area contributed by atoms with E-state index in [1.54, 1.807) is 0 Å². The molecule has 2 aromatic rings. The predicted molar refractivity (Wildman–Crippen MR) is 79.9 cm³/mol. The Morgan fingerprint density at radius 1 is 1.33 bits per heavy atom. The summed E-state index contributed by atoms with van der Waals surface area (Å²) in [7, 11) is 2.08. The largest absolute Gasteiger partial charge is 0.365 e. The van der Waals surface area contributed by atoms with Crippen molar-refractivity contribution >= 4 is 16.8 Å². The van der Waals surface area contributed by atoms with Gasteiger partial charge in [0.05, 0.1) is 12.1 Å². The smallest absolute Gasteiger partial charge is 0.246 e. The maximum Gasteiger partial charge on any atom is 0.246 e. The summed E-state index contributed by atoms with van der Waals surface area (Å²) < 4.78 is 7.79. The van der Waals surface area contributed by atoms with Crippen molar-refractivity contribution in [2.75, 3.05) is 19.7 Å². The minimum atomic E-state index is 0.00302. The maximum absolute atomic E-state index is 11.4. The molecule has 3 heterocycles. The molecule has 5 nitrogen and oxygen atoms in total. The first kappa shape index (κ1) is 12.9. The summed E-state index contributed by atoms with van der Waals surface area (Å²) in [6.45, 7) is 2.84. The van der Waals surface area contributed by atoms with Crippen molar-refractivity contribution < 1.29 is 9.53 Å². The lowest BCUT2D eigenvalue weighted by Gasteiger charge is -2.25. The van der Waals surface area contributed by atoms with Gasteiger partial charge in [-0.05, 0) is 11.6 Å². The van der Waals surface area contributed by atoms with Gasteiger partial charge >= 0.3 is 0 Å². The second-order valence-corrected chi connectivity index (χ2v) is 6.00. The van der Waals surface area contributed by atoms with Crippen molar-refractivity contribution in [2.24, 2.45) is 7.05 Å². The Hall–Kier alpha value is -1.85. The van der Waals surface area contributed by atoms with Crippen molar-refractivity contribution in [3.63, 3.8) is 0 Å². The van der Waals surface area contributed by atoms with E-state index in [9.17, 15) is 4.79 Å². The first-order valence-corrected chi connectivity index (χ1v) is 7.37. The molecular weight excluding hydrogens is 266 g/mol. The summed E-state index contributed by atoms with van der Waals surface area (Å²) in [6.07, 6.45) is 2.34. The summed E-state index contributed by atoms with van der Waals surface area (Å²) in [5.74, 6) is 0.00302. The summed E-state index contributed by atoms with van der Waals surface area (Å²) in [4.78, 5) is 13.8. The van der Waals surface area contributed by atoms with E-state index >= 15 is 0 Å². The van der Waals surface area contributed by atoms with Crippen LogP contribution >= 0.6 is 0 Å². The minimum Gasteiger partial charge on any atom is -0.365 e. The molecule has 5 heteroatoms. The van der Waals surface area contributed by atoms with Crippen LogP contribution in [0.25, 0.3) is 10.9 Å². The minimum absolute atomic E-state index is 0.00302. The Bertz CT molecular complexity index is 694. The highest BCUT2D eigenvalue weighted by atomic mass is 16.5. The molecule has 2 saturated heterocycles. The third kappa shape index (κ3) is 2.22. The molecule has 1 N–H and O–H groups in total. The van der Waals surface area contributed by atoms with Crippen LogP contribution in [0, 0.1) is 0 Å². The summed E-state index contributed by atoms with van der Waals surface area (Å²) in [6, 6.07) is 8.61. The number of amides is 1. The van der Waals surface area contributed by atoms with Gasteiger partial charge in [0.1, 0.15) is 6.61 Å². The second-order valence-electron chi connectivity index (χ2n) is 6.00. The Balaban J connectivity index is 1.55. The molecular formula is C16H19N3O2. The van der Waals surface area contributed by atoms with Gasteiger partial charge in [0, 0.05) is 43.8 Å². The number of carbonyl (C=O) groups is 1. The number of morpholine rings is 1. The molecule has 0 radical (unpaired) electrons. The van der Waals surface area contributed by atoms with Crippen LogP contribution in [0.1, 0.15) is 5.56 Å². The number of fused-ring (bicyclic) bond motifs is 2. The predicted octanol–water partition coefficient (Wildman–Crippen LogP) is 0.878. The molecule has 2 aliphatic rings. The number of aromatic nitrogens is 1. The number of hydrogen-bond acceptors (Lipinski definition) is 3.